The molecule has 4 heterocycles. The summed E-state index contributed by atoms with van der Waals surface area (Å²) in [6.45, 7) is 0. The van der Waals surface area contributed by atoms with Crippen LogP contribution in [0.25, 0.3) is 82.8 Å². The Morgan fingerprint density at radius 1 is 0.442 bits per heavy atom. The summed E-state index contributed by atoms with van der Waals surface area (Å²) in [4.78, 5) is 19.5. The molecule has 0 saturated heterocycles. The van der Waals surface area contributed by atoms with Crippen LogP contribution in [0.5, 0.6) is 0 Å². The van der Waals surface area contributed by atoms with Gasteiger partial charge in [0.05, 0.1) is 16.6 Å². The Morgan fingerprint density at radius 2 is 1.16 bits per heavy atom. The molecule has 0 radical (unpaired) electrons. The Balaban J connectivity index is 1.29. The van der Waals surface area contributed by atoms with Crippen molar-refractivity contribution in [1.82, 2.24) is 24.5 Å². The minimum absolute atomic E-state index is 0.619. The van der Waals surface area contributed by atoms with Crippen LogP contribution in [0.3, 0.4) is 0 Å². The number of fused-ring (bicyclic) bond motifs is 6. The first-order valence-corrected chi connectivity index (χ1v) is 14.3. The smallest absolute Gasteiger partial charge is 0.180 e. The molecule has 5 nitrogen and oxygen atoms in total. The number of nitrogens with zero attached hydrogens (tertiary/aromatic N) is 5. The van der Waals surface area contributed by atoms with Crippen molar-refractivity contribution in [3.05, 3.63) is 140 Å². The van der Waals surface area contributed by atoms with Crippen molar-refractivity contribution in [1.29, 1.82) is 0 Å². The van der Waals surface area contributed by atoms with Crippen LogP contribution < -0.4 is 0 Å². The van der Waals surface area contributed by atoms with E-state index in [1.54, 1.807) is 6.20 Å². The highest BCUT2D eigenvalue weighted by Gasteiger charge is 2.20. The van der Waals surface area contributed by atoms with Crippen molar-refractivity contribution in [3.8, 4) is 28.2 Å². The summed E-state index contributed by atoms with van der Waals surface area (Å²) >= 11 is 0. The van der Waals surface area contributed by atoms with Crippen LogP contribution in [-0.2, 0) is 0 Å². The molecular formula is C38H23N5. The molecule has 0 N–H and O–H groups in total. The van der Waals surface area contributed by atoms with Crippen LogP contribution in [0.4, 0.5) is 0 Å². The van der Waals surface area contributed by atoms with Gasteiger partial charge in [0.15, 0.2) is 11.5 Å². The fraction of sp³-hybridized carbons (Fsp3) is 0. The van der Waals surface area contributed by atoms with Gasteiger partial charge in [0.2, 0.25) is 0 Å². The number of benzene rings is 5. The third-order valence-corrected chi connectivity index (χ3v) is 8.27. The highest BCUT2D eigenvalue weighted by Crippen LogP contribution is 2.37. The molecule has 0 atom stereocenters. The molecule has 9 rings (SSSR count). The van der Waals surface area contributed by atoms with E-state index in [0.29, 0.717) is 5.65 Å². The fourth-order valence-corrected chi connectivity index (χ4v) is 6.19. The monoisotopic (exact) mass is 549 g/mol. The molecule has 200 valence electrons. The van der Waals surface area contributed by atoms with Gasteiger partial charge in [0.25, 0.3) is 0 Å². The topological polar surface area (TPSA) is 56.5 Å². The van der Waals surface area contributed by atoms with E-state index in [4.69, 9.17) is 9.97 Å². The second-order valence-corrected chi connectivity index (χ2v) is 10.8. The van der Waals surface area contributed by atoms with Crippen LogP contribution >= 0.6 is 0 Å². The van der Waals surface area contributed by atoms with Gasteiger partial charge in [-0.1, -0.05) is 84.9 Å². The van der Waals surface area contributed by atoms with E-state index in [2.05, 4.69) is 124 Å². The second-order valence-electron chi connectivity index (χ2n) is 10.8. The SMILES string of the molecule is c1ccc2cc3c(cc2c1)c1ccccc1n3-c1nc2ncccc2nc1-c1ccc(-c2ccc3cccnc3c2)cc1. The highest BCUT2D eigenvalue weighted by molar-refractivity contribution is 6.13. The Labute approximate surface area is 246 Å². The molecule has 0 bridgehead atoms. The number of aromatic nitrogens is 5. The lowest BCUT2D eigenvalue weighted by molar-refractivity contribution is 1.07. The molecule has 0 aliphatic carbocycles. The Bertz CT molecular complexity index is 2510. The van der Waals surface area contributed by atoms with E-state index in [9.17, 15) is 0 Å². The van der Waals surface area contributed by atoms with Crippen molar-refractivity contribution in [2.75, 3.05) is 0 Å². The number of hydrogen-bond acceptors (Lipinski definition) is 4. The van der Waals surface area contributed by atoms with Gasteiger partial charge in [-0.3, -0.25) is 9.55 Å². The summed E-state index contributed by atoms with van der Waals surface area (Å²) in [7, 11) is 0. The third-order valence-electron chi connectivity index (χ3n) is 8.27. The number of rotatable bonds is 3. The number of pyridine rings is 2. The Morgan fingerprint density at radius 3 is 2.07 bits per heavy atom. The quantitative estimate of drug-likeness (QED) is 0.220. The van der Waals surface area contributed by atoms with E-state index >= 15 is 0 Å². The van der Waals surface area contributed by atoms with Gasteiger partial charge in [-0.25, -0.2) is 15.0 Å². The van der Waals surface area contributed by atoms with Crippen LogP contribution in [0, 0.1) is 0 Å². The van der Waals surface area contributed by atoms with Gasteiger partial charge in [0.1, 0.15) is 11.2 Å². The first-order valence-electron chi connectivity index (χ1n) is 14.3. The maximum absolute atomic E-state index is 5.17. The van der Waals surface area contributed by atoms with Gasteiger partial charge >= 0.3 is 0 Å². The van der Waals surface area contributed by atoms with E-state index in [1.165, 1.54) is 21.5 Å². The summed E-state index contributed by atoms with van der Waals surface area (Å²) < 4.78 is 2.25. The fourth-order valence-electron chi connectivity index (χ4n) is 6.19. The molecule has 9 aromatic rings. The van der Waals surface area contributed by atoms with E-state index in [1.807, 2.05) is 24.4 Å². The van der Waals surface area contributed by atoms with E-state index in [0.717, 1.165) is 55.7 Å². The average molecular weight is 550 g/mol. The lowest BCUT2D eigenvalue weighted by Crippen LogP contribution is -2.04. The second kappa shape index (κ2) is 9.29. The first kappa shape index (κ1) is 23.7. The molecule has 0 aliphatic rings. The van der Waals surface area contributed by atoms with Gasteiger partial charge < -0.3 is 0 Å². The molecule has 0 spiro atoms. The lowest BCUT2D eigenvalue weighted by Gasteiger charge is -2.14. The highest BCUT2D eigenvalue weighted by atomic mass is 15.1. The summed E-state index contributed by atoms with van der Waals surface area (Å²) in [6.07, 6.45) is 3.61. The van der Waals surface area contributed by atoms with Gasteiger partial charge in [0, 0.05) is 34.1 Å². The maximum Gasteiger partial charge on any atom is 0.180 e. The van der Waals surface area contributed by atoms with Gasteiger partial charge in [-0.2, -0.15) is 0 Å². The van der Waals surface area contributed by atoms with Crippen molar-refractivity contribution >= 4 is 54.6 Å². The molecule has 0 saturated carbocycles. The molecule has 5 heteroatoms. The van der Waals surface area contributed by atoms with Crippen LogP contribution in [0.15, 0.2) is 140 Å². The zero-order chi connectivity index (χ0) is 28.3. The largest absolute Gasteiger partial charge is 0.292 e. The van der Waals surface area contributed by atoms with Crippen LogP contribution in [0.1, 0.15) is 0 Å². The number of para-hydroxylation sites is 1. The zero-order valence-electron chi connectivity index (χ0n) is 23.0. The summed E-state index contributed by atoms with van der Waals surface area (Å²) in [5.41, 5.74) is 8.58. The normalized spacial score (nSPS) is 11.7. The Hall–Kier alpha value is -5.94. The Kier molecular flexibility index (Phi) is 5.13. The predicted octanol–water partition coefficient (Wildman–Crippen LogP) is 9.16. The minimum Gasteiger partial charge on any atom is -0.292 e. The van der Waals surface area contributed by atoms with E-state index < -0.39 is 0 Å². The lowest BCUT2D eigenvalue weighted by atomic mass is 10.0. The van der Waals surface area contributed by atoms with Crippen LogP contribution in [-0.4, -0.2) is 24.5 Å². The van der Waals surface area contributed by atoms with Crippen LogP contribution in [0.2, 0.25) is 0 Å². The molecular weight excluding hydrogens is 526 g/mol. The van der Waals surface area contributed by atoms with Gasteiger partial charge in [-0.15, -0.1) is 0 Å². The standard InChI is InChI=1S/C38H23N5/c1-2-8-28-23-35-31(21-27(28)7-1)30-10-3-4-12-34(30)43(35)38-36(41-32-11-6-20-40-37(32)42-38)26-16-13-24(14-17-26)29-18-15-25-9-5-19-39-33(25)22-29/h1-23H. The van der Waals surface area contributed by atoms with Gasteiger partial charge in [-0.05, 0) is 64.4 Å². The first-order chi connectivity index (χ1) is 21.3. The molecule has 5 aromatic carbocycles. The average Bonchev–Trinajstić information content (AvgIpc) is 3.39. The van der Waals surface area contributed by atoms with Crippen molar-refractivity contribution < 1.29 is 0 Å². The molecule has 0 fully saturated rings. The molecule has 0 unspecified atom stereocenters. The minimum atomic E-state index is 0.619. The molecule has 0 aliphatic heterocycles. The molecule has 43 heavy (non-hydrogen) atoms. The molecule has 0 amide bonds. The third kappa shape index (κ3) is 3.79. The summed E-state index contributed by atoms with van der Waals surface area (Å²) in [6, 6.07) is 44.5. The van der Waals surface area contributed by atoms with Crippen molar-refractivity contribution in [3.63, 3.8) is 0 Å². The van der Waals surface area contributed by atoms with Crippen molar-refractivity contribution in [2.24, 2.45) is 0 Å². The van der Waals surface area contributed by atoms with Crippen molar-refractivity contribution in [2.45, 2.75) is 0 Å². The summed E-state index contributed by atoms with van der Waals surface area (Å²) in [5, 5.41) is 5.89. The predicted molar refractivity (Wildman–Crippen MR) is 175 cm³/mol. The molecule has 4 aromatic heterocycles. The zero-order valence-corrected chi connectivity index (χ0v) is 23.0. The van der Waals surface area contributed by atoms with E-state index in [-0.39, 0.29) is 0 Å². The number of hydrogen-bond donors (Lipinski definition) is 0. The maximum atomic E-state index is 5.17. The summed E-state index contributed by atoms with van der Waals surface area (Å²) in [5.74, 6) is 0.760.